The standard InChI is InChI=1S/C28H32ClN3O5/c1-19-4-3-5-23(18-19)37-26-21(9-6-20-7-11-22(29)12-8-20)10-13-24-25(30-26)31(2)28(35)32(27(24)34)14-16-36-17-15-33/h3-5,7-8,11-12,18,21,33H,6,9-10,13-17H2,1-2H3. The lowest BCUT2D eigenvalue weighted by atomic mass is 9.94. The minimum Gasteiger partial charge on any atom is -0.443 e. The van der Waals surface area contributed by atoms with Crippen LogP contribution in [0.15, 0.2) is 63.1 Å². The summed E-state index contributed by atoms with van der Waals surface area (Å²) in [6.07, 6.45) is 2.67. The smallest absolute Gasteiger partial charge is 0.332 e. The first kappa shape index (κ1) is 26.9. The predicted molar refractivity (Wildman–Crippen MR) is 144 cm³/mol. The molecule has 196 valence electrons. The summed E-state index contributed by atoms with van der Waals surface area (Å²) >= 11 is 6.04. The Morgan fingerprint density at radius 3 is 2.65 bits per heavy atom. The fourth-order valence-corrected chi connectivity index (χ4v) is 4.63. The third-order valence-corrected chi connectivity index (χ3v) is 6.77. The number of aliphatic hydroxyl groups excluding tert-OH is 1. The van der Waals surface area contributed by atoms with Gasteiger partial charge in [0.1, 0.15) is 11.6 Å². The van der Waals surface area contributed by atoms with Gasteiger partial charge < -0.3 is 14.6 Å². The molecule has 2 aromatic carbocycles. The number of ether oxygens (including phenoxy) is 2. The average Bonchev–Trinajstić information content (AvgIpc) is 3.06. The molecule has 0 spiro atoms. The lowest BCUT2D eigenvalue weighted by Gasteiger charge is -2.18. The molecule has 8 nitrogen and oxygen atoms in total. The van der Waals surface area contributed by atoms with Crippen molar-refractivity contribution < 1.29 is 14.6 Å². The summed E-state index contributed by atoms with van der Waals surface area (Å²) < 4.78 is 14.2. The van der Waals surface area contributed by atoms with E-state index in [0.717, 1.165) is 24.0 Å². The van der Waals surface area contributed by atoms with Crippen LogP contribution in [-0.2, 0) is 31.2 Å². The molecular formula is C28H32ClN3O5. The molecule has 1 N–H and O–H groups in total. The van der Waals surface area contributed by atoms with Crippen LogP contribution in [0.25, 0.3) is 0 Å². The number of nitrogens with zero attached hydrogens (tertiary/aromatic N) is 3. The van der Waals surface area contributed by atoms with Crippen molar-refractivity contribution in [3.05, 3.63) is 91.1 Å². The van der Waals surface area contributed by atoms with Gasteiger partial charge in [0.15, 0.2) is 5.90 Å². The molecule has 4 rings (SSSR count). The fourth-order valence-electron chi connectivity index (χ4n) is 4.50. The third kappa shape index (κ3) is 6.57. The maximum atomic E-state index is 13.4. The lowest BCUT2D eigenvalue weighted by molar-refractivity contribution is 0.0857. The van der Waals surface area contributed by atoms with Gasteiger partial charge in [0.25, 0.3) is 5.56 Å². The van der Waals surface area contributed by atoms with E-state index in [-0.39, 0.29) is 37.8 Å². The van der Waals surface area contributed by atoms with E-state index >= 15 is 0 Å². The van der Waals surface area contributed by atoms with Gasteiger partial charge in [-0.1, -0.05) is 35.9 Å². The van der Waals surface area contributed by atoms with Gasteiger partial charge in [-0.2, -0.15) is 4.99 Å². The SMILES string of the molecule is Cc1cccc(OC2=Nc3c(c(=O)n(CCOCCO)c(=O)n3C)CCC2CCc2ccc(Cl)cc2)c1. The largest absolute Gasteiger partial charge is 0.443 e. The van der Waals surface area contributed by atoms with Crippen molar-refractivity contribution in [2.75, 3.05) is 19.8 Å². The van der Waals surface area contributed by atoms with E-state index in [9.17, 15) is 9.59 Å². The average molecular weight is 526 g/mol. The van der Waals surface area contributed by atoms with Crippen LogP contribution in [0.1, 0.15) is 29.5 Å². The number of hydrogen-bond donors (Lipinski definition) is 1. The Morgan fingerprint density at radius 1 is 1.14 bits per heavy atom. The summed E-state index contributed by atoms with van der Waals surface area (Å²) in [7, 11) is 1.62. The number of aliphatic hydroxyl groups is 1. The van der Waals surface area contributed by atoms with Gasteiger partial charge in [-0.15, -0.1) is 0 Å². The molecule has 0 amide bonds. The van der Waals surface area contributed by atoms with E-state index in [1.807, 2.05) is 55.5 Å². The van der Waals surface area contributed by atoms with E-state index in [4.69, 9.17) is 31.2 Å². The van der Waals surface area contributed by atoms with Gasteiger partial charge >= 0.3 is 5.69 Å². The van der Waals surface area contributed by atoms with Crippen LogP contribution in [0.5, 0.6) is 5.75 Å². The molecule has 1 unspecified atom stereocenters. The van der Waals surface area contributed by atoms with Gasteiger partial charge in [0.2, 0.25) is 0 Å². The summed E-state index contributed by atoms with van der Waals surface area (Å²) in [6, 6.07) is 15.5. The molecule has 0 bridgehead atoms. The molecule has 1 atom stereocenters. The van der Waals surface area contributed by atoms with Crippen molar-refractivity contribution in [1.29, 1.82) is 0 Å². The van der Waals surface area contributed by atoms with Crippen molar-refractivity contribution >= 4 is 23.3 Å². The van der Waals surface area contributed by atoms with Gasteiger partial charge in [0, 0.05) is 18.0 Å². The molecule has 1 aliphatic rings. The molecule has 0 fully saturated rings. The van der Waals surface area contributed by atoms with Gasteiger partial charge in [-0.05, 0) is 68.0 Å². The van der Waals surface area contributed by atoms with E-state index in [1.165, 1.54) is 9.13 Å². The Kier molecular flexibility index (Phi) is 8.97. The van der Waals surface area contributed by atoms with Crippen LogP contribution in [0, 0.1) is 12.8 Å². The lowest BCUT2D eigenvalue weighted by Crippen LogP contribution is -2.41. The van der Waals surface area contributed by atoms with E-state index in [0.29, 0.717) is 40.9 Å². The number of fused-ring (bicyclic) bond motifs is 1. The number of aliphatic imine (C=N–C) groups is 1. The summed E-state index contributed by atoms with van der Waals surface area (Å²) in [5, 5.41) is 9.61. The van der Waals surface area contributed by atoms with Crippen LogP contribution >= 0.6 is 11.6 Å². The highest BCUT2D eigenvalue weighted by Gasteiger charge is 2.27. The van der Waals surface area contributed by atoms with Crippen LogP contribution < -0.4 is 16.0 Å². The Bertz CT molecular complexity index is 1380. The predicted octanol–water partition coefficient (Wildman–Crippen LogP) is 3.82. The maximum Gasteiger partial charge on any atom is 0.332 e. The summed E-state index contributed by atoms with van der Waals surface area (Å²) in [4.78, 5) is 31.2. The highest BCUT2D eigenvalue weighted by atomic mass is 35.5. The molecule has 0 aliphatic carbocycles. The second-order valence-electron chi connectivity index (χ2n) is 9.21. The van der Waals surface area contributed by atoms with Crippen molar-refractivity contribution in [2.24, 2.45) is 18.0 Å². The molecule has 1 aliphatic heterocycles. The molecule has 0 saturated heterocycles. The van der Waals surface area contributed by atoms with Crippen LogP contribution in [0.2, 0.25) is 5.02 Å². The van der Waals surface area contributed by atoms with Gasteiger partial charge in [0.05, 0.1) is 31.9 Å². The molecule has 1 aromatic heterocycles. The first-order valence-corrected chi connectivity index (χ1v) is 12.8. The first-order chi connectivity index (χ1) is 17.9. The Balaban J connectivity index is 1.69. The zero-order valence-electron chi connectivity index (χ0n) is 21.2. The Labute approximate surface area is 220 Å². The minimum absolute atomic E-state index is 0.0561. The zero-order valence-corrected chi connectivity index (χ0v) is 21.9. The second-order valence-corrected chi connectivity index (χ2v) is 9.64. The number of rotatable bonds is 9. The minimum atomic E-state index is -0.463. The third-order valence-electron chi connectivity index (χ3n) is 6.52. The van der Waals surface area contributed by atoms with Crippen molar-refractivity contribution in [3.8, 4) is 5.75 Å². The molecule has 9 heteroatoms. The van der Waals surface area contributed by atoms with Gasteiger partial charge in [-0.25, -0.2) is 4.79 Å². The number of halogens is 1. The molecule has 0 saturated carbocycles. The van der Waals surface area contributed by atoms with Crippen LogP contribution in [0.4, 0.5) is 5.82 Å². The van der Waals surface area contributed by atoms with Crippen LogP contribution in [-0.4, -0.2) is 40.0 Å². The number of hydrogen-bond acceptors (Lipinski definition) is 6. The highest BCUT2D eigenvalue weighted by molar-refractivity contribution is 6.30. The monoisotopic (exact) mass is 525 g/mol. The molecule has 3 aromatic rings. The number of benzene rings is 2. The number of aromatic nitrogens is 2. The second kappa shape index (κ2) is 12.4. The quantitative estimate of drug-likeness (QED) is 0.428. The summed E-state index contributed by atoms with van der Waals surface area (Å²) in [5.41, 5.74) is 1.88. The summed E-state index contributed by atoms with van der Waals surface area (Å²) in [6.45, 7) is 2.29. The van der Waals surface area contributed by atoms with Crippen molar-refractivity contribution in [1.82, 2.24) is 9.13 Å². The van der Waals surface area contributed by atoms with E-state index in [1.54, 1.807) is 7.05 Å². The Hall–Kier alpha value is -3.20. The normalized spacial score (nSPS) is 15.1. The molecule has 0 radical (unpaired) electrons. The summed E-state index contributed by atoms with van der Waals surface area (Å²) in [5.74, 6) is 1.44. The topological polar surface area (TPSA) is 95.1 Å². The fraction of sp³-hybridized carbons (Fsp3) is 0.393. The zero-order chi connectivity index (χ0) is 26.4. The number of aryl methyl sites for hydroxylation is 2. The van der Waals surface area contributed by atoms with Crippen molar-refractivity contribution in [2.45, 2.75) is 39.2 Å². The molecule has 37 heavy (non-hydrogen) atoms. The molecular weight excluding hydrogens is 494 g/mol. The highest BCUT2D eigenvalue weighted by Crippen LogP contribution is 2.29. The van der Waals surface area contributed by atoms with E-state index < -0.39 is 5.69 Å². The van der Waals surface area contributed by atoms with E-state index in [2.05, 4.69) is 0 Å². The maximum absolute atomic E-state index is 13.4. The van der Waals surface area contributed by atoms with Crippen LogP contribution in [0.3, 0.4) is 0 Å². The molecule has 2 heterocycles. The first-order valence-electron chi connectivity index (χ1n) is 12.5. The van der Waals surface area contributed by atoms with Crippen molar-refractivity contribution in [3.63, 3.8) is 0 Å². The Morgan fingerprint density at radius 2 is 1.92 bits per heavy atom. The van der Waals surface area contributed by atoms with Gasteiger partial charge in [-0.3, -0.25) is 13.9 Å².